The van der Waals surface area contributed by atoms with E-state index in [9.17, 15) is 14.4 Å². The zero-order valence-corrected chi connectivity index (χ0v) is 19.1. The van der Waals surface area contributed by atoms with Gasteiger partial charge in [-0.25, -0.2) is 4.79 Å². The maximum atomic E-state index is 12.9. The summed E-state index contributed by atoms with van der Waals surface area (Å²) < 4.78 is 5.25. The van der Waals surface area contributed by atoms with Crippen LogP contribution in [0.15, 0.2) is 53.4 Å². The Labute approximate surface area is 194 Å². The molecule has 1 atom stereocenters. The van der Waals surface area contributed by atoms with Gasteiger partial charge in [0.25, 0.3) is 5.91 Å². The monoisotopic (exact) mass is 474 g/mol. The van der Waals surface area contributed by atoms with Gasteiger partial charge in [0.2, 0.25) is 5.91 Å². The first-order valence-electron chi connectivity index (χ1n) is 9.41. The van der Waals surface area contributed by atoms with Crippen molar-refractivity contribution >= 4 is 69.4 Å². The summed E-state index contributed by atoms with van der Waals surface area (Å²) in [5.74, 6) is -1.16. The Morgan fingerprint density at radius 2 is 1.84 bits per heavy atom. The molecule has 2 aromatic rings. The lowest BCUT2D eigenvalue weighted by molar-refractivity contribution is -0.129. The van der Waals surface area contributed by atoms with Crippen molar-refractivity contribution in [3.05, 3.63) is 69.6 Å². The summed E-state index contributed by atoms with van der Waals surface area (Å²) >= 11 is 12.4. The molecule has 0 radical (unpaired) electrons. The Hall–Kier alpha value is -2.68. The molecule has 2 aromatic carbocycles. The number of anilines is 1. The Kier molecular flexibility index (Phi) is 7.48. The number of hydrogen-bond acceptors (Lipinski definition) is 6. The van der Waals surface area contributed by atoms with E-state index in [1.54, 1.807) is 68.5 Å². The van der Waals surface area contributed by atoms with Crippen LogP contribution in [0.3, 0.4) is 0 Å². The molecule has 2 amide bonds. The largest absolute Gasteiger partial charge is 0.462 e. The van der Waals surface area contributed by atoms with Crippen molar-refractivity contribution in [1.82, 2.24) is 4.90 Å². The van der Waals surface area contributed by atoms with Gasteiger partial charge in [-0.05, 0) is 61.9 Å². The third kappa shape index (κ3) is 5.52. The minimum atomic E-state index is -0.812. The highest BCUT2D eigenvalue weighted by atomic mass is 35.5. The summed E-state index contributed by atoms with van der Waals surface area (Å²) in [5.41, 5.74) is 1.69. The molecule has 1 heterocycles. The smallest absolute Gasteiger partial charge is 0.338 e. The number of thiocarbonyl (C=S) groups is 1. The van der Waals surface area contributed by atoms with Crippen LogP contribution in [0.25, 0.3) is 6.08 Å². The lowest BCUT2D eigenvalue weighted by Crippen LogP contribution is -2.44. The first-order valence-corrected chi connectivity index (χ1v) is 11.0. The second kappa shape index (κ2) is 10.1. The predicted octanol–water partition coefficient (Wildman–Crippen LogP) is 4.75. The molecule has 3 rings (SSSR count). The summed E-state index contributed by atoms with van der Waals surface area (Å²) in [5, 5.41) is 3.34. The van der Waals surface area contributed by atoms with Crippen molar-refractivity contribution in [2.24, 2.45) is 0 Å². The molecule has 160 valence electrons. The zero-order valence-electron chi connectivity index (χ0n) is 16.8. The fourth-order valence-corrected chi connectivity index (χ4v) is 4.34. The van der Waals surface area contributed by atoms with E-state index in [1.807, 2.05) is 0 Å². The zero-order chi connectivity index (χ0) is 22.5. The van der Waals surface area contributed by atoms with Gasteiger partial charge in [0.1, 0.15) is 10.4 Å². The van der Waals surface area contributed by atoms with Crippen LogP contribution in [0, 0.1) is 0 Å². The summed E-state index contributed by atoms with van der Waals surface area (Å²) in [6.07, 6.45) is 1.72. The number of esters is 1. The molecule has 0 saturated carbocycles. The molecule has 0 aliphatic carbocycles. The van der Waals surface area contributed by atoms with Crippen molar-refractivity contribution in [2.45, 2.75) is 19.9 Å². The predicted molar refractivity (Wildman–Crippen MR) is 127 cm³/mol. The fourth-order valence-electron chi connectivity index (χ4n) is 2.79. The van der Waals surface area contributed by atoms with E-state index in [4.69, 9.17) is 28.6 Å². The molecular formula is C22H19ClN2O4S2. The van der Waals surface area contributed by atoms with Gasteiger partial charge < -0.3 is 10.1 Å². The average molecular weight is 475 g/mol. The van der Waals surface area contributed by atoms with E-state index in [0.29, 0.717) is 25.5 Å². The molecule has 1 N–H and O–H groups in total. The number of nitrogens with zero attached hydrogens (tertiary/aromatic N) is 1. The number of ether oxygens (including phenoxy) is 1. The Bertz CT molecular complexity index is 1050. The molecule has 31 heavy (non-hydrogen) atoms. The Balaban J connectivity index is 1.68. The van der Waals surface area contributed by atoms with Gasteiger partial charge in [0.05, 0.1) is 17.1 Å². The van der Waals surface area contributed by atoms with Crippen molar-refractivity contribution in [2.75, 3.05) is 11.9 Å². The molecule has 1 saturated heterocycles. The average Bonchev–Trinajstić information content (AvgIpc) is 3.02. The third-order valence-electron chi connectivity index (χ3n) is 4.42. The topological polar surface area (TPSA) is 75.7 Å². The number of carbonyl (C=O) groups excluding carboxylic acids is 3. The van der Waals surface area contributed by atoms with Crippen molar-refractivity contribution in [3.63, 3.8) is 0 Å². The number of rotatable bonds is 6. The number of thioether (sulfide) groups is 1. The highest BCUT2D eigenvalue weighted by Gasteiger charge is 2.38. The van der Waals surface area contributed by atoms with E-state index in [2.05, 4.69) is 5.32 Å². The maximum absolute atomic E-state index is 12.9. The summed E-state index contributed by atoms with van der Waals surface area (Å²) in [7, 11) is 0. The molecule has 0 bridgehead atoms. The van der Waals surface area contributed by atoms with Crippen LogP contribution < -0.4 is 5.32 Å². The molecule has 0 aromatic heterocycles. The summed E-state index contributed by atoms with van der Waals surface area (Å²) in [4.78, 5) is 39.0. The van der Waals surface area contributed by atoms with E-state index in [0.717, 1.165) is 17.3 Å². The lowest BCUT2D eigenvalue weighted by atomic mass is 10.2. The molecule has 1 fully saturated rings. The van der Waals surface area contributed by atoms with Gasteiger partial charge in [0, 0.05) is 10.7 Å². The standard InChI is InChI=1S/C22H19ClN2O4S2/c1-3-29-21(28)15-6-10-17(11-7-15)24-19(26)13(2)25-20(27)18(31-22(25)30)12-14-4-8-16(23)9-5-14/h4-13H,3H2,1-2H3,(H,24,26)/b18-12-. The van der Waals surface area contributed by atoms with Crippen LogP contribution in [0.4, 0.5) is 5.69 Å². The molecule has 1 unspecified atom stereocenters. The van der Waals surface area contributed by atoms with E-state index in [-0.39, 0.29) is 12.5 Å². The van der Waals surface area contributed by atoms with Gasteiger partial charge in [0.15, 0.2) is 0 Å². The molecular weight excluding hydrogens is 456 g/mol. The van der Waals surface area contributed by atoms with Crippen LogP contribution in [-0.4, -0.2) is 39.7 Å². The molecule has 1 aliphatic heterocycles. The normalized spacial score (nSPS) is 15.8. The molecule has 0 spiro atoms. The van der Waals surface area contributed by atoms with Gasteiger partial charge in [-0.1, -0.05) is 47.7 Å². The second-order valence-electron chi connectivity index (χ2n) is 6.57. The highest BCUT2D eigenvalue weighted by molar-refractivity contribution is 8.26. The highest BCUT2D eigenvalue weighted by Crippen LogP contribution is 2.34. The maximum Gasteiger partial charge on any atom is 0.338 e. The second-order valence-corrected chi connectivity index (χ2v) is 8.68. The number of benzene rings is 2. The molecule has 9 heteroatoms. The SMILES string of the molecule is CCOC(=O)c1ccc(NC(=O)C(C)N2C(=O)/C(=C/c3ccc(Cl)cc3)SC2=S)cc1. The number of carbonyl (C=O) groups is 3. The van der Waals surface area contributed by atoms with E-state index < -0.39 is 17.9 Å². The Morgan fingerprint density at radius 3 is 2.45 bits per heavy atom. The summed E-state index contributed by atoms with van der Waals surface area (Å²) in [6, 6.07) is 12.6. The quantitative estimate of drug-likeness (QED) is 0.370. The fraction of sp³-hybridized carbons (Fsp3) is 0.182. The number of hydrogen-bond donors (Lipinski definition) is 1. The van der Waals surface area contributed by atoms with Crippen molar-refractivity contribution in [1.29, 1.82) is 0 Å². The minimum absolute atomic E-state index is 0.283. The molecule has 1 aliphatic rings. The molecule has 6 nitrogen and oxygen atoms in total. The number of nitrogens with one attached hydrogen (secondary N) is 1. The lowest BCUT2D eigenvalue weighted by Gasteiger charge is -2.22. The van der Waals surface area contributed by atoms with Gasteiger partial charge in [-0.15, -0.1) is 0 Å². The van der Waals surface area contributed by atoms with Crippen molar-refractivity contribution < 1.29 is 19.1 Å². The first-order chi connectivity index (χ1) is 14.8. The van der Waals surface area contributed by atoms with Crippen LogP contribution in [0.5, 0.6) is 0 Å². The van der Waals surface area contributed by atoms with E-state index >= 15 is 0 Å². The van der Waals surface area contributed by atoms with Crippen LogP contribution in [-0.2, 0) is 14.3 Å². The van der Waals surface area contributed by atoms with Gasteiger partial charge >= 0.3 is 5.97 Å². The first kappa shape index (κ1) is 23.0. The van der Waals surface area contributed by atoms with Crippen LogP contribution >= 0.6 is 35.6 Å². The minimum Gasteiger partial charge on any atom is -0.462 e. The van der Waals surface area contributed by atoms with Crippen LogP contribution in [0.1, 0.15) is 29.8 Å². The van der Waals surface area contributed by atoms with E-state index in [1.165, 1.54) is 4.90 Å². The van der Waals surface area contributed by atoms with Gasteiger partial charge in [-0.3, -0.25) is 14.5 Å². The Morgan fingerprint density at radius 1 is 1.19 bits per heavy atom. The third-order valence-corrected chi connectivity index (χ3v) is 6.00. The number of amides is 2. The van der Waals surface area contributed by atoms with Crippen LogP contribution in [0.2, 0.25) is 5.02 Å². The summed E-state index contributed by atoms with van der Waals surface area (Å²) in [6.45, 7) is 3.62. The number of halogens is 1. The van der Waals surface area contributed by atoms with Crippen molar-refractivity contribution in [3.8, 4) is 0 Å². The van der Waals surface area contributed by atoms with Gasteiger partial charge in [-0.2, -0.15) is 0 Å².